The largest absolute Gasteiger partial charge is 0.375 e. The first-order valence-corrected chi connectivity index (χ1v) is 5.05. The van der Waals surface area contributed by atoms with Gasteiger partial charge in [-0.05, 0) is 25.8 Å². The third-order valence-electron chi connectivity index (χ3n) is 2.44. The van der Waals surface area contributed by atoms with E-state index in [1.54, 1.807) is 0 Å². The molecule has 0 saturated carbocycles. The molecular formula is C10H16N2O2. The van der Waals surface area contributed by atoms with Crippen LogP contribution in [0.25, 0.3) is 0 Å². The maximum absolute atomic E-state index is 5.55. The maximum atomic E-state index is 5.55. The summed E-state index contributed by atoms with van der Waals surface area (Å²) >= 11 is 0. The Morgan fingerprint density at radius 3 is 3.29 bits per heavy atom. The summed E-state index contributed by atoms with van der Waals surface area (Å²) in [4.78, 5) is 0. The van der Waals surface area contributed by atoms with Gasteiger partial charge in [0.2, 0.25) is 0 Å². The molecule has 0 spiro atoms. The fourth-order valence-electron chi connectivity index (χ4n) is 1.67. The first-order valence-electron chi connectivity index (χ1n) is 5.05. The van der Waals surface area contributed by atoms with Gasteiger partial charge in [0.1, 0.15) is 11.5 Å². The van der Waals surface area contributed by atoms with Gasteiger partial charge in [-0.1, -0.05) is 5.16 Å². The van der Waals surface area contributed by atoms with Crippen molar-refractivity contribution in [3.05, 3.63) is 17.5 Å². The SMILES string of the molecule is Cc1cc(COCC2CCNC2)no1. The number of nitrogens with zero attached hydrogens (tertiary/aromatic N) is 1. The summed E-state index contributed by atoms with van der Waals surface area (Å²) in [5.74, 6) is 1.51. The van der Waals surface area contributed by atoms with Crippen LogP contribution >= 0.6 is 0 Å². The Hall–Kier alpha value is -0.870. The maximum Gasteiger partial charge on any atom is 0.134 e. The molecule has 2 rings (SSSR count). The molecule has 2 heterocycles. The van der Waals surface area contributed by atoms with Gasteiger partial charge in [0.15, 0.2) is 0 Å². The molecule has 78 valence electrons. The zero-order valence-corrected chi connectivity index (χ0v) is 8.45. The number of rotatable bonds is 4. The Bertz CT molecular complexity index is 279. The van der Waals surface area contributed by atoms with Crippen LogP contribution in [0.15, 0.2) is 10.6 Å². The third kappa shape index (κ3) is 2.56. The molecule has 4 nitrogen and oxygen atoms in total. The van der Waals surface area contributed by atoms with E-state index in [9.17, 15) is 0 Å². The van der Waals surface area contributed by atoms with E-state index in [0.29, 0.717) is 12.5 Å². The number of hydrogen-bond donors (Lipinski definition) is 1. The van der Waals surface area contributed by atoms with E-state index in [1.807, 2.05) is 13.0 Å². The zero-order valence-electron chi connectivity index (χ0n) is 8.45. The van der Waals surface area contributed by atoms with Crippen molar-refractivity contribution in [3.8, 4) is 0 Å². The molecule has 1 N–H and O–H groups in total. The monoisotopic (exact) mass is 196 g/mol. The molecule has 1 aromatic rings. The Morgan fingerprint density at radius 1 is 1.71 bits per heavy atom. The van der Waals surface area contributed by atoms with Crippen LogP contribution in [0.5, 0.6) is 0 Å². The van der Waals surface area contributed by atoms with Crippen LogP contribution in [-0.2, 0) is 11.3 Å². The van der Waals surface area contributed by atoms with Crippen molar-refractivity contribution in [2.75, 3.05) is 19.7 Å². The van der Waals surface area contributed by atoms with Crippen LogP contribution in [0.2, 0.25) is 0 Å². The van der Waals surface area contributed by atoms with Gasteiger partial charge in [-0.15, -0.1) is 0 Å². The lowest BCUT2D eigenvalue weighted by Crippen LogP contribution is -2.13. The molecule has 4 heteroatoms. The molecule has 1 saturated heterocycles. The topological polar surface area (TPSA) is 47.3 Å². The predicted octanol–water partition coefficient (Wildman–Crippen LogP) is 1.11. The summed E-state index contributed by atoms with van der Waals surface area (Å²) in [7, 11) is 0. The van der Waals surface area contributed by atoms with Crippen LogP contribution in [-0.4, -0.2) is 24.9 Å². The fourth-order valence-corrected chi connectivity index (χ4v) is 1.67. The van der Waals surface area contributed by atoms with Crippen molar-refractivity contribution in [2.45, 2.75) is 20.0 Å². The summed E-state index contributed by atoms with van der Waals surface area (Å²) in [6.07, 6.45) is 1.22. The van der Waals surface area contributed by atoms with Gasteiger partial charge < -0.3 is 14.6 Å². The minimum absolute atomic E-state index is 0.563. The van der Waals surface area contributed by atoms with E-state index in [1.165, 1.54) is 6.42 Å². The Balaban J connectivity index is 1.67. The fraction of sp³-hybridized carbons (Fsp3) is 0.700. The van der Waals surface area contributed by atoms with Crippen molar-refractivity contribution in [1.29, 1.82) is 0 Å². The highest BCUT2D eigenvalue weighted by Gasteiger charge is 2.14. The van der Waals surface area contributed by atoms with Gasteiger partial charge in [0.05, 0.1) is 13.2 Å². The molecule has 14 heavy (non-hydrogen) atoms. The molecule has 1 aliphatic heterocycles. The Morgan fingerprint density at radius 2 is 2.64 bits per heavy atom. The van der Waals surface area contributed by atoms with E-state index in [4.69, 9.17) is 9.26 Å². The van der Waals surface area contributed by atoms with E-state index < -0.39 is 0 Å². The first-order chi connectivity index (χ1) is 6.84. The molecule has 1 atom stereocenters. The smallest absolute Gasteiger partial charge is 0.134 e. The summed E-state index contributed by atoms with van der Waals surface area (Å²) in [6.45, 7) is 5.47. The third-order valence-corrected chi connectivity index (χ3v) is 2.44. The minimum atomic E-state index is 0.563. The van der Waals surface area contributed by atoms with Crippen molar-refractivity contribution < 1.29 is 9.26 Å². The highest BCUT2D eigenvalue weighted by Crippen LogP contribution is 2.09. The molecule has 0 aliphatic carbocycles. The molecule has 0 bridgehead atoms. The first kappa shape index (κ1) is 9.68. The molecule has 1 aliphatic rings. The molecule has 0 radical (unpaired) electrons. The number of hydrogen-bond acceptors (Lipinski definition) is 4. The quantitative estimate of drug-likeness (QED) is 0.783. The van der Waals surface area contributed by atoms with E-state index >= 15 is 0 Å². The van der Waals surface area contributed by atoms with E-state index in [0.717, 1.165) is 31.2 Å². The minimum Gasteiger partial charge on any atom is -0.375 e. The van der Waals surface area contributed by atoms with Gasteiger partial charge in [0.25, 0.3) is 0 Å². The van der Waals surface area contributed by atoms with Gasteiger partial charge in [-0.3, -0.25) is 0 Å². The standard InChI is InChI=1S/C10H16N2O2/c1-8-4-10(12-14-8)7-13-6-9-2-3-11-5-9/h4,9,11H,2-3,5-7H2,1H3. The van der Waals surface area contributed by atoms with Gasteiger partial charge in [0, 0.05) is 12.6 Å². The molecule has 1 fully saturated rings. The second-order valence-electron chi connectivity index (χ2n) is 3.80. The van der Waals surface area contributed by atoms with Crippen molar-refractivity contribution >= 4 is 0 Å². The number of aryl methyl sites for hydroxylation is 1. The van der Waals surface area contributed by atoms with E-state index in [2.05, 4.69) is 10.5 Å². The van der Waals surface area contributed by atoms with Crippen LogP contribution in [0.3, 0.4) is 0 Å². The molecule has 0 amide bonds. The van der Waals surface area contributed by atoms with Crippen LogP contribution in [0, 0.1) is 12.8 Å². The predicted molar refractivity (Wildman–Crippen MR) is 51.9 cm³/mol. The molecular weight excluding hydrogens is 180 g/mol. The molecule has 1 aromatic heterocycles. The molecule has 1 unspecified atom stereocenters. The lowest BCUT2D eigenvalue weighted by molar-refractivity contribution is 0.0883. The lowest BCUT2D eigenvalue weighted by atomic mass is 10.1. The van der Waals surface area contributed by atoms with Crippen LogP contribution in [0.1, 0.15) is 17.9 Å². The van der Waals surface area contributed by atoms with E-state index in [-0.39, 0.29) is 0 Å². The average molecular weight is 196 g/mol. The Kier molecular flexibility index (Phi) is 3.16. The van der Waals surface area contributed by atoms with Crippen LogP contribution in [0.4, 0.5) is 0 Å². The zero-order chi connectivity index (χ0) is 9.80. The summed E-state index contributed by atoms with van der Waals surface area (Å²) in [6, 6.07) is 1.91. The second-order valence-corrected chi connectivity index (χ2v) is 3.80. The number of aromatic nitrogens is 1. The summed E-state index contributed by atoms with van der Waals surface area (Å²) in [5.41, 5.74) is 0.883. The normalized spacial score (nSPS) is 21.6. The number of nitrogens with one attached hydrogen (secondary N) is 1. The van der Waals surface area contributed by atoms with Crippen molar-refractivity contribution in [1.82, 2.24) is 10.5 Å². The average Bonchev–Trinajstić information content (AvgIpc) is 2.77. The van der Waals surface area contributed by atoms with Crippen molar-refractivity contribution in [2.24, 2.45) is 5.92 Å². The number of ether oxygens (including phenoxy) is 1. The second kappa shape index (κ2) is 4.57. The summed E-state index contributed by atoms with van der Waals surface area (Å²) < 4.78 is 10.5. The van der Waals surface area contributed by atoms with Gasteiger partial charge in [-0.25, -0.2) is 0 Å². The van der Waals surface area contributed by atoms with Gasteiger partial charge >= 0.3 is 0 Å². The highest BCUT2D eigenvalue weighted by molar-refractivity contribution is 5.01. The molecule has 0 aromatic carbocycles. The van der Waals surface area contributed by atoms with Crippen LogP contribution < -0.4 is 5.32 Å². The summed E-state index contributed by atoms with van der Waals surface area (Å²) in [5, 5.41) is 7.18. The van der Waals surface area contributed by atoms with Crippen molar-refractivity contribution in [3.63, 3.8) is 0 Å². The lowest BCUT2D eigenvalue weighted by Gasteiger charge is -2.07. The highest BCUT2D eigenvalue weighted by atomic mass is 16.5. The Labute approximate surface area is 83.6 Å². The van der Waals surface area contributed by atoms with Gasteiger partial charge in [-0.2, -0.15) is 0 Å².